The number of ketones is 3. The molecule has 6 spiro atoms. The molecule has 8 aliphatic carbocycles. The zero-order valence-electron chi connectivity index (χ0n) is 86.8. The molecule has 44 heteroatoms. The van der Waals surface area contributed by atoms with Gasteiger partial charge in [-0.3, -0.25) is 27.9 Å². The van der Waals surface area contributed by atoms with Crippen molar-refractivity contribution in [2.24, 2.45) is 35.5 Å². The van der Waals surface area contributed by atoms with Crippen LogP contribution in [0.4, 0.5) is 0 Å². The molecule has 39 nitrogen and oxygen atoms in total. The SMILES string of the molecule is C1CCOC1.C1CCOC1.CN(C)OOSn1cnc(CC2CCC(=O)CC2)c1.CN(C)S(=O)(=O)Cl.CO.COC(=O)C=C1CCC2(CC1)OCCO2.COC(=O)CC1CCC2(CC1)OCCO2.COC(=O)CC=O.O=C1CCC(Cc2cnc[nH]2)CC1.O=C1CCC2(CC1)OCCO2.O=CCC1CCC2(CC1)OCCO2.OCCC1CCC2(CC1)OCCO2.[CH3-].[Cl-].[Mg+2].c1ncc(CC2CCC3(CC2)OCCO3)[nH]1. The van der Waals surface area contributed by atoms with Crippen molar-refractivity contribution in [2.45, 2.75) is 311 Å². The van der Waals surface area contributed by atoms with Crippen LogP contribution < -0.4 is 12.4 Å². The van der Waals surface area contributed by atoms with E-state index in [1.165, 1.54) is 90.4 Å². The van der Waals surface area contributed by atoms with Crippen molar-refractivity contribution < 1.29 is 159 Å². The maximum Gasteiger partial charge on any atom is 2.00 e. The number of hydrogen-bond acceptors (Lipinski definition) is 36. The third-order valence-corrected chi connectivity index (χ3v) is 29.4. The molecule has 19 rings (SSSR count). The van der Waals surface area contributed by atoms with E-state index >= 15 is 0 Å². The largest absolute Gasteiger partial charge is 2.00 e. The molecule has 0 aromatic carbocycles. The van der Waals surface area contributed by atoms with Crippen LogP contribution in [0.2, 0.25) is 0 Å². The third kappa shape index (κ3) is 51.9. The Bertz CT molecular complexity index is 3990. The molecule has 0 bridgehead atoms. The van der Waals surface area contributed by atoms with Gasteiger partial charge in [0, 0.05) is 243 Å². The van der Waals surface area contributed by atoms with Crippen LogP contribution in [-0.2, 0) is 157 Å². The fourth-order valence-electron chi connectivity index (χ4n) is 18.9. The average molecular weight is 2140 g/mol. The van der Waals surface area contributed by atoms with Crippen molar-refractivity contribution >= 4 is 103 Å². The van der Waals surface area contributed by atoms with Crippen molar-refractivity contribution in [3.63, 3.8) is 0 Å². The summed E-state index contributed by atoms with van der Waals surface area (Å²) in [5, 5.41) is 17.3. The summed E-state index contributed by atoms with van der Waals surface area (Å²) in [4.78, 5) is 108. The van der Waals surface area contributed by atoms with Crippen molar-refractivity contribution in [1.29, 1.82) is 0 Å². The van der Waals surface area contributed by atoms with Gasteiger partial charge in [-0.25, -0.2) is 19.7 Å². The number of halogens is 2. The standard InChI is InChI=1S/C12H19N3O3S.C12H18N2O2.C11H18O4.C11H16O4.C10H14N2O.C10H18O3.C10H16O3.C8H12O3.C4H6O3.2C4H8O.C2H6ClNO2S.CH4O.CH3.ClH.Mg/c1-14(2)17-18-19-15-8-11(13-9-15)7-10-3-5-12(16)6-4-10;1-3-12(15-5-6-16-12)4-2-10(1)7-11-8-13-9-14-11;2*1-13-10(12)8-9-2-4-11(5-3-9)14-6-7-15-11;13-10-3-1-8(2-4-10)5-9-6-11-7-12-9;2*11-6-3-9-1-4-10(5-2-9)12-7-8-13-10;9-7-1-3-8(4-2-7)10-5-6-11-8;1-7-4(6)2-3-5;2*1-2-4-5-3-1;1-4(2)7(3,5)6;1-2;;;/h8-10H,3-7H2,1-2H3;8-10H,1-7H2,(H,13,14);9H,2-8H2,1H3;8H,2-7H2,1H3;6-8H,1-5H2,(H,11,12);9,11H,1-8H2;6,9H,1-5,7-8H2;1-6H2;3H,2H2,1H3;2*1-4H2;1-2H3;2H,1H3;1H3;1H;/q;;;;;;;;;;;;;-1;;+2/p-1. The number of hydrogen-bond donors (Lipinski definition) is 4. The van der Waals surface area contributed by atoms with Crippen LogP contribution >= 0.6 is 22.9 Å². The Kier molecular flexibility index (Phi) is 66.8. The van der Waals surface area contributed by atoms with Gasteiger partial charge in [-0.15, -0.1) is 9.32 Å². The summed E-state index contributed by atoms with van der Waals surface area (Å²) in [6.45, 7) is 13.0. The maximum absolute atomic E-state index is 11.2. The number of aliphatic hydroxyl groups excluding tert-OH is 2. The second kappa shape index (κ2) is 73.3. The van der Waals surface area contributed by atoms with E-state index in [1.807, 2.05) is 18.6 Å². The van der Waals surface area contributed by atoms with Crippen molar-refractivity contribution in [3.8, 4) is 0 Å². The molecular weight excluding hydrogens is 1970 g/mol. The van der Waals surface area contributed by atoms with Crippen molar-refractivity contribution in [3.05, 3.63) is 73.7 Å². The number of carbonyl (C=O) groups is 8. The normalized spacial score (nSPS) is 23.6. The molecule has 144 heavy (non-hydrogen) atoms. The first kappa shape index (κ1) is 131. The number of aldehydes is 2. The molecule has 0 atom stereocenters. The van der Waals surface area contributed by atoms with E-state index in [2.05, 4.69) is 39.1 Å². The summed E-state index contributed by atoms with van der Waals surface area (Å²) < 4.78 is 118. The van der Waals surface area contributed by atoms with Crippen LogP contribution in [0.1, 0.15) is 274 Å². The second-order valence-electron chi connectivity index (χ2n) is 37.8. The topological polar surface area (TPSA) is 468 Å². The van der Waals surface area contributed by atoms with Gasteiger partial charge in [-0.2, -0.15) is 17.8 Å². The number of aliphatic hydroxyl groups is 2. The van der Waals surface area contributed by atoms with Crippen LogP contribution in [0, 0.1) is 42.9 Å². The van der Waals surface area contributed by atoms with Crippen LogP contribution in [0.5, 0.6) is 0 Å². The summed E-state index contributed by atoms with van der Waals surface area (Å²) in [7, 11) is 12.6. The van der Waals surface area contributed by atoms with Gasteiger partial charge in [-0.1, -0.05) is 5.57 Å². The van der Waals surface area contributed by atoms with E-state index < -0.39 is 15.2 Å². The third-order valence-electron chi connectivity index (χ3n) is 27.2. The Morgan fingerprint density at radius 1 is 0.486 bits per heavy atom. The molecule has 820 valence electrons. The molecule has 0 amide bonds. The number of esters is 3. The molecule has 3 aromatic heterocycles. The number of imidazole rings is 3. The summed E-state index contributed by atoms with van der Waals surface area (Å²) >= 11 is 1.07. The predicted molar refractivity (Wildman–Crippen MR) is 532 cm³/mol. The minimum atomic E-state index is -3.44. The first-order chi connectivity index (χ1) is 68.1. The Hall–Kier alpha value is -5.02. The summed E-state index contributed by atoms with van der Waals surface area (Å²) in [6.07, 6.45) is 54.1. The van der Waals surface area contributed by atoms with Crippen molar-refractivity contribution in [1.82, 2.24) is 38.3 Å². The fraction of sp³-hybridized carbons (Fsp3) is 0.800. The molecule has 8 saturated carbocycles. The Morgan fingerprint density at radius 3 is 1.14 bits per heavy atom. The first-order valence-electron chi connectivity index (χ1n) is 50.6. The molecule has 16 aliphatic rings. The zero-order chi connectivity index (χ0) is 102. The van der Waals surface area contributed by atoms with Crippen LogP contribution in [0.3, 0.4) is 0 Å². The minimum absolute atomic E-state index is 0. The van der Waals surface area contributed by atoms with Crippen LogP contribution in [0.25, 0.3) is 0 Å². The van der Waals surface area contributed by atoms with Crippen LogP contribution in [-0.4, -0.2) is 331 Å². The van der Waals surface area contributed by atoms with Crippen molar-refractivity contribution in [2.75, 3.05) is 169 Å². The molecule has 16 fully saturated rings. The number of carbonyl (C=O) groups excluding carboxylic acids is 8. The van der Waals surface area contributed by atoms with Gasteiger partial charge >= 0.3 is 41.0 Å². The number of H-pyrrole nitrogens is 2. The van der Waals surface area contributed by atoms with Gasteiger partial charge < -0.3 is 130 Å². The van der Waals surface area contributed by atoms with E-state index in [0.717, 1.165) is 319 Å². The Balaban J connectivity index is 0.000000331. The molecule has 8 aliphatic heterocycles. The summed E-state index contributed by atoms with van der Waals surface area (Å²) in [6, 6.07) is 0. The average Bonchev–Trinajstić information content (AvgIpc) is 1.68. The van der Waals surface area contributed by atoms with Crippen LogP contribution in [0.15, 0.2) is 49.2 Å². The van der Waals surface area contributed by atoms with Gasteiger partial charge in [0.25, 0.3) is 9.24 Å². The molecule has 0 radical (unpaired) electrons. The number of nitrogens with zero attached hydrogens (tertiary/aromatic N) is 6. The van der Waals surface area contributed by atoms with E-state index in [4.69, 9.17) is 96.5 Å². The molecule has 8 saturated heterocycles. The van der Waals surface area contributed by atoms with E-state index in [0.29, 0.717) is 125 Å². The molecule has 11 heterocycles. The monoisotopic (exact) mass is 2130 g/mol. The number of aromatic amines is 2. The van der Waals surface area contributed by atoms with E-state index in [1.54, 1.807) is 43.1 Å². The smallest absolute Gasteiger partial charge is 1.00 e. The van der Waals surface area contributed by atoms with E-state index in [9.17, 15) is 46.8 Å². The first-order valence-corrected chi connectivity index (χ1v) is 53.5. The zero-order valence-corrected chi connectivity index (χ0v) is 91.3. The molecule has 4 N–H and O–H groups in total. The van der Waals surface area contributed by atoms with Gasteiger partial charge in [0.1, 0.15) is 42.7 Å². The number of aromatic nitrogens is 6. The van der Waals surface area contributed by atoms with Gasteiger partial charge in [0.15, 0.2) is 47.0 Å². The molecular formula is C100H166Cl2MgN8O31S2. The van der Waals surface area contributed by atoms with E-state index in [-0.39, 0.29) is 96.0 Å². The number of allylic oxidation sites excluding steroid dienone is 1. The van der Waals surface area contributed by atoms with Gasteiger partial charge in [0.2, 0.25) is 0 Å². The summed E-state index contributed by atoms with van der Waals surface area (Å²) in [5.41, 5.74) is 4.60. The predicted octanol–water partition coefficient (Wildman–Crippen LogP) is 10.2. The summed E-state index contributed by atoms with van der Waals surface area (Å²) in [5.74, 6) is 2.25. The molecule has 0 unspecified atom stereocenters. The second-order valence-corrected chi connectivity index (χ2v) is 41.2. The number of nitrogens with one attached hydrogen (secondary N) is 2. The number of Topliss-reactive ketones (excluding diaryl/α,β-unsaturated/α-hetero) is 3. The number of rotatable bonds is 20. The quantitative estimate of drug-likeness (QED) is 0.00698. The Morgan fingerprint density at radius 2 is 0.826 bits per heavy atom. The number of methoxy groups -OCH3 is 3. The minimum Gasteiger partial charge on any atom is -1.00 e. The molecule has 3 aromatic rings. The van der Waals surface area contributed by atoms with Gasteiger partial charge in [0.05, 0.1) is 119 Å². The van der Waals surface area contributed by atoms with Gasteiger partial charge in [-0.05, 0) is 177 Å². The Labute approximate surface area is 883 Å². The fourth-order valence-corrected chi connectivity index (χ4v) is 19.3. The maximum atomic E-state index is 11.2. The number of hydroxylamine groups is 2. The number of ether oxygens (including phenoxy) is 17.